The van der Waals surface area contributed by atoms with Crippen molar-refractivity contribution < 1.29 is 0 Å². The molecule has 0 spiro atoms. The molecule has 0 aromatic carbocycles. The summed E-state index contributed by atoms with van der Waals surface area (Å²) in [6.45, 7) is 4.39. The van der Waals surface area contributed by atoms with E-state index in [1.165, 1.54) is 0 Å². The molecule has 4 nitrogen and oxygen atoms in total. The molecule has 2 aromatic rings. The zero-order valence-electron chi connectivity index (χ0n) is 11.4. The van der Waals surface area contributed by atoms with Crippen molar-refractivity contribution in [1.82, 2.24) is 14.8 Å². The number of rotatable bonds is 6. The second-order valence-electron chi connectivity index (χ2n) is 4.44. The van der Waals surface area contributed by atoms with Gasteiger partial charge in [0.2, 0.25) is 0 Å². The number of hydrogen-bond acceptors (Lipinski definition) is 4. The fourth-order valence-corrected chi connectivity index (χ4v) is 2.80. The van der Waals surface area contributed by atoms with Gasteiger partial charge in [0, 0.05) is 18.1 Å². The lowest BCUT2D eigenvalue weighted by Gasteiger charge is -2.12. The quantitative estimate of drug-likeness (QED) is 0.820. The van der Waals surface area contributed by atoms with Crippen LogP contribution in [0, 0.1) is 0 Å². The predicted octanol–water partition coefficient (Wildman–Crippen LogP) is 3.51. The first kappa shape index (κ1) is 13.9. The second-order valence-corrected chi connectivity index (χ2v) is 5.41. The molecule has 0 saturated carbocycles. The highest BCUT2D eigenvalue weighted by molar-refractivity contribution is 7.98. The van der Waals surface area contributed by atoms with Crippen molar-refractivity contribution in [1.29, 1.82) is 0 Å². The van der Waals surface area contributed by atoms with Gasteiger partial charge in [-0.15, -0.1) is 0 Å². The van der Waals surface area contributed by atoms with Crippen molar-refractivity contribution in [3.63, 3.8) is 0 Å². The number of hydrogen-bond donors (Lipinski definition) is 1. The first-order chi connectivity index (χ1) is 9.24. The summed E-state index contributed by atoms with van der Waals surface area (Å²) in [5.41, 5.74) is 7.67. The Morgan fingerprint density at radius 1 is 1.32 bits per heavy atom. The fourth-order valence-electron chi connectivity index (χ4n) is 1.99. The molecule has 0 amide bonds. The Bertz CT molecular complexity index is 520. The molecule has 0 radical (unpaired) electrons. The SMILES string of the molecule is CCC(CC)n1ccc(CSc2ncccc2N)n1. The molecule has 2 rings (SSSR count). The molecule has 0 aliphatic heterocycles. The molecule has 0 bridgehead atoms. The molecule has 0 saturated heterocycles. The highest BCUT2D eigenvalue weighted by atomic mass is 32.2. The maximum absolute atomic E-state index is 5.87. The highest BCUT2D eigenvalue weighted by Gasteiger charge is 2.08. The van der Waals surface area contributed by atoms with Crippen LogP contribution in [0.1, 0.15) is 38.4 Å². The van der Waals surface area contributed by atoms with Crippen LogP contribution < -0.4 is 5.73 Å². The standard InChI is InChI=1S/C14H20N4S/c1-3-12(4-2)18-9-7-11(17-18)10-19-14-13(15)6-5-8-16-14/h5-9,12H,3-4,10,15H2,1-2H3. The number of nitrogen functional groups attached to an aromatic ring is 1. The van der Waals surface area contributed by atoms with Crippen molar-refractivity contribution in [3.8, 4) is 0 Å². The summed E-state index contributed by atoms with van der Waals surface area (Å²) in [5.74, 6) is 0.800. The summed E-state index contributed by atoms with van der Waals surface area (Å²) >= 11 is 1.63. The molecular formula is C14H20N4S. The number of anilines is 1. The minimum Gasteiger partial charge on any atom is -0.397 e. The predicted molar refractivity (Wildman–Crippen MR) is 80.1 cm³/mol. The number of thioether (sulfide) groups is 1. The summed E-state index contributed by atoms with van der Waals surface area (Å²) in [6, 6.07) is 6.29. The lowest BCUT2D eigenvalue weighted by atomic mass is 10.2. The van der Waals surface area contributed by atoms with Crippen molar-refractivity contribution in [2.45, 2.75) is 43.5 Å². The minimum absolute atomic E-state index is 0.499. The van der Waals surface area contributed by atoms with Gasteiger partial charge in [0.1, 0.15) is 5.03 Å². The van der Waals surface area contributed by atoms with E-state index in [2.05, 4.69) is 40.9 Å². The Hall–Kier alpha value is -1.49. The third kappa shape index (κ3) is 3.50. The zero-order chi connectivity index (χ0) is 13.7. The minimum atomic E-state index is 0.499. The van der Waals surface area contributed by atoms with Gasteiger partial charge in [-0.05, 0) is 31.0 Å². The average molecular weight is 276 g/mol. The van der Waals surface area contributed by atoms with Crippen molar-refractivity contribution in [2.75, 3.05) is 5.73 Å². The molecule has 5 heteroatoms. The molecular weight excluding hydrogens is 256 g/mol. The molecule has 0 fully saturated rings. The molecule has 0 aliphatic rings. The summed E-state index contributed by atoms with van der Waals surface area (Å²) < 4.78 is 2.07. The van der Waals surface area contributed by atoms with E-state index in [1.807, 2.05) is 12.1 Å². The van der Waals surface area contributed by atoms with Crippen LogP contribution in [0.2, 0.25) is 0 Å². The van der Waals surface area contributed by atoms with E-state index in [0.717, 1.165) is 35.0 Å². The van der Waals surface area contributed by atoms with Gasteiger partial charge in [-0.3, -0.25) is 4.68 Å². The van der Waals surface area contributed by atoms with Crippen LogP contribution in [0.15, 0.2) is 35.6 Å². The average Bonchev–Trinajstić information content (AvgIpc) is 2.88. The van der Waals surface area contributed by atoms with Crippen LogP contribution in [0.25, 0.3) is 0 Å². The Morgan fingerprint density at radius 2 is 2.11 bits per heavy atom. The van der Waals surface area contributed by atoms with Gasteiger partial charge in [-0.25, -0.2) is 4.98 Å². The van der Waals surface area contributed by atoms with E-state index >= 15 is 0 Å². The molecule has 0 atom stereocenters. The Kier molecular flexibility index (Phi) is 4.85. The van der Waals surface area contributed by atoms with Crippen LogP contribution in [0.5, 0.6) is 0 Å². The lowest BCUT2D eigenvalue weighted by Crippen LogP contribution is -2.07. The molecule has 19 heavy (non-hydrogen) atoms. The monoisotopic (exact) mass is 276 g/mol. The molecule has 0 aliphatic carbocycles. The van der Waals surface area contributed by atoms with Crippen LogP contribution in [0.4, 0.5) is 5.69 Å². The molecule has 0 unspecified atom stereocenters. The van der Waals surface area contributed by atoms with E-state index in [-0.39, 0.29) is 0 Å². The largest absolute Gasteiger partial charge is 0.397 e. The summed E-state index contributed by atoms with van der Waals surface area (Å²) in [5, 5.41) is 5.50. The van der Waals surface area contributed by atoms with Crippen molar-refractivity contribution in [2.24, 2.45) is 0 Å². The lowest BCUT2D eigenvalue weighted by molar-refractivity contribution is 0.426. The zero-order valence-corrected chi connectivity index (χ0v) is 12.2. The van der Waals surface area contributed by atoms with Gasteiger partial charge in [-0.1, -0.05) is 25.6 Å². The number of pyridine rings is 1. The number of nitrogens with zero attached hydrogens (tertiary/aromatic N) is 3. The van der Waals surface area contributed by atoms with Gasteiger partial charge in [-0.2, -0.15) is 5.10 Å². The smallest absolute Gasteiger partial charge is 0.119 e. The first-order valence-electron chi connectivity index (χ1n) is 6.61. The van der Waals surface area contributed by atoms with Crippen LogP contribution in [-0.2, 0) is 5.75 Å². The molecule has 102 valence electrons. The normalized spacial score (nSPS) is 11.1. The fraction of sp³-hybridized carbons (Fsp3) is 0.429. The van der Waals surface area contributed by atoms with Gasteiger partial charge >= 0.3 is 0 Å². The summed E-state index contributed by atoms with van der Waals surface area (Å²) in [4.78, 5) is 4.27. The maximum atomic E-state index is 5.87. The van der Waals surface area contributed by atoms with Crippen molar-refractivity contribution >= 4 is 17.4 Å². The van der Waals surface area contributed by atoms with E-state index in [1.54, 1.807) is 18.0 Å². The van der Waals surface area contributed by atoms with Gasteiger partial charge in [0.25, 0.3) is 0 Å². The Labute approximate surface area is 118 Å². The van der Waals surface area contributed by atoms with Gasteiger partial charge < -0.3 is 5.73 Å². The first-order valence-corrected chi connectivity index (χ1v) is 7.60. The van der Waals surface area contributed by atoms with Crippen LogP contribution >= 0.6 is 11.8 Å². The Morgan fingerprint density at radius 3 is 2.79 bits per heavy atom. The maximum Gasteiger partial charge on any atom is 0.119 e. The van der Waals surface area contributed by atoms with E-state index in [9.17, 15) is 0 Å². The van der Waals surface area contributed by atoms with Crippen molar-refractivity contribution in [3.05, 3.63) is 36.3 Å². The van der Waals surface area contributed by atoms with E-state index in [0.29, 0.717) is 6.04 Å². The highest BCUT2D eigenvalue weighted by Crippen LogP contribution is 2.25. The molecule has 2 aromatic heterocycles. The summed E-state index contributed by atoms with van der Waals surface area (Å²) in [7, 11) is 0. The van der Waals surface area contributed by atoms with E-state index < -0.39 is 0 Å². The van der Waals surface area contributed by atoms with Gasteiger partial charge in [0.15, 0.2) is 0 Å². The number of nitrogens with two attached hydrogens (primary N) is 1. The topological polar surface area (TPSA) is 56.7 Å². The second kappa shape index (κ2) is 6.61. The number of aromatic nitrogens is 3. The molecule has 2 N–H and O–H groups in total. The summed E-state index contributed by atoms with van der Waals surface area (Å²) in [6.07, 6.45) is 6.05. The van der Waals surface area contributed by atoms with Crippen LogP contribution in [-0.4, -0.2) is 14.8 Å². The third-order valence-corrected chi connectivity index (χ3v) is 4.19. The van der Waals surface area contributed by atoms with E-state index in [4.69, 9.17) is 5.73 Å². The van der Waals surface area contributed by atoms with Crippen LogP contribution in [0.3, 0.4) is 0 Å². The van der Waals surface area contributed by atoms with Gasteiger partial charge in [0.05, 0.1) is 17.4 Å². The molecule has 2 heterocycles. The Balaban J connectivity index is 1.99. The third-order valence-electron chi connectivity index (χ3n) is 3.14.